The van der Waals surface area contributed by atoms with Crippen LogP contribution in [0.25, 0.3) is 0 Å². The molecule has 0 aromatic heterocycles. The number of rotatable bonds is 6. The van der Waals surface area contributed by atoms with E-state index in [9.17, 15) is 0 Å². The topological polar surface area (TPSA) is 21.7 Å². The summed E-state index contributed by atoms with van der Waals surface area (Å²) in [6, 6.07) is 0. The van der Waals surface area contributed by atoms with Crippen molar-refractivity contribution in [2.45, 2.75) is 45.8 Å². The number of ether oxygens (including phenoxy) is 2. The summed E-state index contributed by atoms with van der Waals surface area (Å²) < 4.78 is 11.2. The van der Waals surface area contributed by atoms with Gasteiger partial charge in [0, 0.05) is 32.8 Å². The average Bonchev–Trinajstić information content (AvgIpc) is 2.16. The van der Waals surface area contributed by atoms with Crippen LogP contribution >= 0.6 is 0 Å². The summed E-state index contributed by atoms with van der Waals surface area (Å²) in [5.41, 5.74) is 0. The molecular formula is C12H25NO2. The molecule has 0 saturated carbocycles. The zero-order valence-electron chi connectivity index (χ0n) is 10.4. The maximum absolute atomic E-state index is 5.69. The molecular weight excluding hydrogens is 190 g/mol. The Bertz CT molecular complexity index is 154. The van der Waals surface area contributed by atoms with Crippen molar-refractivity contribution in [1.29, 1.82) is 0 Å². The quantitative estimate of drug-likeness (QED) is 0.632. The predicted octanol–water partition coefficient (Wildman–Crippen LogP) is 1.91. The molecule has 0 amide bonds. The van der Waals surface area contributed by atoms with E-state index in [1.54, 1.807) is 0 Å². The van der Waals surface area contributed by atoms with E-state index in [-0.39, 0.29) is 0 Å². The molecule has 2 unspecified atom stereocenters. The van der Waals surface area contributed by atoms with Gasteiger partial charge in [-0.15, -0.1) is 0 Å². The lowest BCUT2D eigenvalue weighted by Gasteiger charge is -2.35. The summed E-state index contributed by atoms with van der Waals surface area (Å²) in [4.78, 5) is 2.48. The van der Waals surface area contributed by atoms with Gasteiger partial charge in [-0.3, -0.25) is 4.90 Å². The van der Waals surface area contributed by atoms with Crippen LogP contribution in [0.2, 0.25) is 0 Å². The Labute approximate surface area is 93.7 Å². The Hall–Kier alpha value is -0.120. The molecule has 0 bridgehead atoms. The Balaban J connectivity index is 2.04. The van der Waals surface area contributed by atoms with Crippen LogP contribution in [-0.4, -0.2) is 50.0 Å². The molecule has 0 radical (unpaired) electrons. The van der Waals surface area contributed by atoms with Gasteiger partial charge >= 0.3 is 0 Å². The first-order valence-electron chi connectivity index (χ1n) is 6.18. The van der Waals surface area contributed by atoms with Gasteiger partial charge in [0.2, 0.25) is 0 Å². The van der Waals surface area contributed by atoms with Gasteiger partial charge in [-0.05, 0) is 26.7 Å². The highest BCUT2D eigenvalue weighted by Crippen LogP contribution is 2.10. The highest BCUT2D eigenvalue weighted by Gasteiger charge is 2.21. The first kappa shape index (κ1) is 12.9. The summed E-state index contributed by atoms with van der Waals surface area (Å²) in [5, 5.41) is 0. The van der Waals surface area contributed by atoms with Gasteiger partial charge in [-0.1, -0.05) is 6.92 Å². The molecule has 3 heteroatoms. The van der Waals surface area contributed by atoms with Crippen LogP contribution in [0.4, 0.5) is 0 Å². The molecule has 1 fully saturated rings. The van der Waals surface area contributed by atoms with Crippen LogP contribution in [0.5, 0.6) is 0 Å². The van der Waals surface area contributed by atoms with E-state index in [1.807, 2.05) is 0 Å². The normalized spacial score (nSPS) is 28.2. The number of hydrogen-bond donors (Lipinski definition) is 0. The average molecular weight is 215 g/mol. The zero-order chi connectivity index (χ0) is 11.1. The minimum Gasteiger partial charge on any atom is -0.381 e. The molecule has 0 aromatic carbocycles. The molecule has 1 heterocycles. The summed E-state index contributed by atoms with van der Waals surface area (Å²) in [7, 11) is 0. The highest BCUT2D eigenvalue weighted by atomic mass is 16.5. The lowest BCUT2D eigenvalue weighted by molar-refractivity contribution is -0.0693. The Morgan fingerprint density at radius 3 is 2.47 bits per heavy atom. The van der Waals surface area contributed by atoms with Gasteiger partial charge in [0.05, 0.1) is 12.2 Å². The SMILES string of the molecule is CCCOCCCN1CC(C)OC(C)C1. The molecule has 0 spiro atoms. The van der Waals surface area contributed by atoms with Crippen LogP contribution < -0.4 is 0 Å². The lowest BCUT2D eigenvalue weighted by Crippen LogP contribution is -2.45. The number of nitrogens with zero attached hydrogens (tertiary/aromatic N) is 1. The van der Waals surface area contributed by atoms with Gasteiger partial charge in [0.1, 0.15) is 0 Å². The third-order valence-electron chi connectivity index (χ3n) is 2.61. The monoisotopic (exact) mass is 215 g/mol. The van der Waals surface area contributed by atoms with E-state index in [2.05, 4.69) is 25.7 Å². The molecule has 0 N–H and O–H groups in total. The maximum atomic E-state index is 5.69. The van der Waals surface area contributed by atoms with Crippen molar-refractivity contribution in [3.63, 3.8) is 0 Å². The zero-order valence-corrected chi connectivity index (χ0v) is 10.4. The smallest absolute Gasteiger partial charge is 0.0678 e. The fourth-order valence-corrected chi connectivity index (χ4v) is 2.10. The molecule has 90 valence electrons. The molecule has 0 aromatic rings. The van der Waals surface area contributed by atoms with Crippen molar-refractivity contribution in [3.8, 4) is 0 Å². The van der Waals surface area contributed by atoms with Crippen LogP contribution in [0.3, 0.4) is 0 Å². The van der Waals surface area contributed by atoms with Gasteiger partial charge in [0.25, 0.3) is 0 Å². The molecule has 3 nitrogen and oxygen atoms in total. The molecule has 1 aliphatic heterocycles. The van der Waals surface area contributed by atoms with Crippen molar-refractivity contribution in [1.82, 2.24) is 4.90 Å². The van der Waals surface area contributed by atoms with Crippen molar-refractivity contribution in [2.24, 2.45) is 0 Å². The second-order valence-electron chi connectivity index (χ2n) is 4.48. The number of hydrogen-bond acceptors (Lipinski definition) is 3. The van der Waals surface area contributed by atoms with E-state index >= 15 is 0 Å². The third-order valence-corrected chi connectivity index (χ3v) is 2.61. The maximum Gasteiger partial charge on any atom is 0.0678 e. The fraction of sp³-hybridized carbons (Fsp3) is 1.00. The molecule has 2 atom stereocenters. The summed E-state index contributed by atoms with van der Waals surface area (Å²) >= 11 is 0. The van der Waals surface area contributed by atoms with Crippen molar-refractivity contribution >= 4 is 0 Å². The third kappa shape index (κ3) is 5.50. The predicted molar refractivity (Wildman–Crippen MR) is 62.2 cm³/mol. The van der Waals surface area contributed by atoms with E-state index in [1.165, 1.54) is 0 Å². The van der Waals surface area contributed by atoms with Crippen LogP contribution in [0.1, 0.15) is 33.6 Å². The minimum absolute atomic E-state index is 0.380. The van der Waals surface area contributed by atoms with Gasteiger partial charge in [0.15, 0.2) is 0 Å². The van der Waals surface area contributed by atoms with Crippen molar-refractivity contribution < 1.29 is 9.47 Å². The van der Waals surface area contributed by atoms with Crippen molar-refractivity contribution in [3.05, 3.63) is 0 Å². The first-order chi connectivity index (χ1) is 7.22. The number of morpholine rings is 1. The largest absolute Gasteiger partial charge is 0.381 e. The van der Waals surface area contributed by atoms with E-state index < -0.39 is 0 Å². The van der Waals surface area contributed by atoms with E-state index in [0.29, 0.717) is 12.2 Å². The summed E-state index contributed by atoms with van der Waals surface area (Å²) in [5.74, 6) is 0. The van der Waals surface area contributed by atoms with Gasteiger partial charge < -0.3 is 9.47 Å². The Morgan fingerprint density at radius 2 is 1.87 bits per heavy atom. The van der Waals surface area contributed by atoms with Gasteiger partial charge in [-0.25, -0.2) is 0 Å². The molecule has 15 heavy (non-hydrogen) atoms. The van der Waals surface area contributed by atoms with Crippen molar-refractivity contribution in [2.75, 3.05) is 32.8 Å². The lowest BCUT2D eigenvalue weighted by atomic mass is 10.2. The Morgan fingerprint density at radius 1 is 1.20 bits per heavy atom. The minimum atomic E-state index is 0.380. The standard InChI is InChI=1S/C12H25NO2/c1-4-7-14-8-5-6-13-9-11(2)15-12(3)10-13/h11-12H,4-10H2,1-3H3. The van der Waals surface area contributed by atoms with E-state index in [0.717, 1.165) is 45.7 Å². The summed E-state index contributed by atoms with van der Waals surface area (Å²) in [6.07, 6.45) is 3.01. The molecule has 0 aliphatic carbocycles. The molecule has 1 saturated heterocycles. The molecule has 1 aliphatic rings. The fourth-order valence-electron chi connectivity index (χ4n) is 2.10. The van der Waals surface area contributed by atoms with E-state index in [4.69, 9.17) is 9.47 Å². The Kier molecular flexibility index (Phi) is 6.22. The highest BCUT2D eigenvalue weighted by molar-refractivity contribution is 4.72. The first-order valence-corrected chi connectivity index (χ1v) is 6.18. The van der Waals surface area contributed by atoms with Gasteiger partial charge in [-0.2, -0.15) is 0 Å². The second kappa shape index (κ2) is 7.20. The van der Waals surface area contributed by atoms with Crippen LogP contribution in [0.15, 0.2) is 0 Å². The second-order valence-corrected chi connectivity index (χ2v) is 4.48. The molecule has 1 rings (SSSR count). The summed E-state index contributed by atoms with van der Waals surface area (Å²) in [6.45, 7) is 11.5. The van der Waals surface area contributed by atoms with Crippen LogP contribution in [-0.2, 0) is 9.47 Å². The van der Waals surface area contributed by atoms with Crippen LogP contribution in [0, 0.1) is 0 Å².